The number of carbonyl (C=O) groups excluding carboxylic acids is 3. The van der Waals surface area contributed by atoms with Crippen molar-refractivity contribution in [3.8, 4) is 0 Å². The Kier molecular flexibility index (Phi) is 15.9. The first-order chi connectivity index (χ1) is 14.2. The second kappa shape index (κ2) is 16.9. The minimum absolute atomic E-state index is 0.107. The van der Waals surface area contributed by atoms with Gasteiger partial charge in [0.15, 0.2) is 0 Å². The highest BCUT2D eigenvalue weighted by Gasteiger charge is 2.18. The molecule has 0 rings (SSSR count). The van der Waals surface area contributed by atoms with E-state index in [9.17, 15) is 14.4 Å². The third-order valence-electron chi connectivity index (χ3n) is 4.78. The zero-order valence-corrected chi connectivity index (χ0v) is 20.0. The molecule has 0 aromatic heterocycles. The summed E-state index contributed by atoms with van der Waals surface area (Å²) >= 11 is 0. The Morgan fingerprint density at radius 1 is 0.767 bits per heavy atom. The fourth-order valence-corrected chi connectivity index (χ4v) is 2.98. The van der Waals surface area contributed by atoms with Crippen LogP contribution in [0.2, 0.25) is 0 Å². The molecule has 2 N–H and O–H groups in total. The quantitative estimate of drug-likeness (QED) is 0.357. The first-order valence-electron chi connectivity index (χ1n) is 11.6. The Morgan fingerprint density at radius 2 is 1.27 bits per heavy atom. The second-order valence-corrected chi connectivity index (χ2v) is 8.96. The Labute approximate surface area is 183 Å². The van der Waals surface area contributed by atoms with E-state index in [-0.39, 0.29) is 17.9 Å². The summed E-state index contributed by atoms with van der Waals surface area (Å²) in [6, 6.07) is 0. The van der Waals surface area contributed by atoms with Crippen LogP contribution in [0.1, 0.15) is 97.8 Å². The normalized spacial score (nSPS) is 11.1. The number of carbonyl (C=O) groups is 3. The zero-order chi connectivity index (χ0) is 22.8. The lowest BCUT2D eigenvalue weighted by atomic mass is 10.1. The molecule has 0 unspecified atom stereocenters. The lowest BCUT2D eigenvalue weighted by Crippen LogP contribution is -2.34. The molecule has 0 saturated carbocycles. The van der Waals surface area contributed by atoms with Crippen molar-refractivity contribution < 1.29 is 19.1 Å². The van der Waals surface area contributed by atoms with Crippen molar-refractivity contribution in [2.45, 2.75) is 103 Å². The maximum Gasteiger partial charge on any atom is 0.410 e. The zero-order valence-electron chi connectivity index (χ0n) is 20.0. The van der Waals surface area contributed by atoms with E-state index in [1.165, 1.54) is 0 Å². The largest absolute Gasteiger partial charge is 0.444 e. The molecule has 0 aromatic rings. The number of unbranched alkanes of at least 4 members (excludes halogenated alkanes) is 8. The van der Waals surface area contributed by atoms with E-state index in [0.29, 0.717) is 19.4 Å². The van der Waals surface area contributed by atoms with Gasteiger partial charge in [-0.1, -0.05) is 38.5 Å². The Bertz CT molecular complexity index is 489. The van der Waals surface area contributed by atoms with Crippen LogP contribution in [-0.4, -0.2) is 55.6 Å². The van der Waals surface area contributed by atoms with Crippen LogP contribution in [0.5, 0.6) is 0 Å². The highest BCUT2D eigenvalue weighted by Crippen LogP contribution is 2.11. The predicted octanol–water partition coefficient (Wildman–Crippen LogP) is 4.40. The van der Waals surface area contributed by atoms with Crippen molar-refractivity contribution >= 4 is 17.9 Å². The number of hydrogen-bond acceptors (Lipinski definition) is 4. The number of hydrogen-bond donors (Lipinski definition) is 2. The monoisotopic (exact) mass is 427 g/mol. The van der Waals surface area contributed by atoms with E-state index in [2.05, 4.69) is 10.6 Å². The summed E-state index contributed by atoms with van der Waals surface area (Å²) in [6.07, 6.45) is 11.1. The summed E-state index contributed by atoms with van der Waals surface area (Å²) in [5.74, 6) is 0.245. The van der Waals surface area contributed by atoms with Gasteiger partial charge in [0.1, 0.15) is 5.60 Å². The molecular weight excluding hydrogens is 382 g/mol. The number of amides is 3. The number of nitrogens with zero attached hydrogens (tertiary/aromatic N) is 1. The predicted molar refractivity (Wildman–Crippen MR) is 121 cm³/mol. The van der Waals surface area contributed by atoms with Crippen LogP contribution in [0, 0.1) is 0 Å². The van der Waals surface area contributed by atoms with Crippen LogP contribution in [0.3, 0.4) is 0 Å². The average molecular weight is 428 g/mol. The van der Waals surface area contributed by atoms with Crippen LogP contribution < -0.4 is 10.6 Å². The van der Waals surface area contributed by atoms with E-state index in [1.807, 2.05) is 20.8 Å². The van der Waals surface area contributed by atoms with E-state index in [0.717, 1.165) is 70.8 Å². The molecule has 30 heavy (non-hydrogen) atoms. The SMILES string of the molecule is CNC(=O)CCCCCCCNC(=O)CCCCCCCN(C)C(=O)OC(C)(C)C. The third kappa shape index (κ3) is 18.3. The fourth-order valence-electron chi connectivity index (χ4n) is 2.98. The average Bonchev–Trinajstić information content (AvgIpc) is 2.67. The van der Waals surface area contributed by atoms with E-state index in [4.69, 9.17) is 4.74 Å². The van der Waals surface area contributed by atoms with Gasteiger partial charge in [-0.25, -0.2) is 4.79 Å². The molecule has 0 aliphatic heterocycles. The minimum Gasteiger partial charge on any atom is -0.444 e. The van der Waals surface area contributed by atoms with Crippen molar-refractivity contribution in [3.63, 3.8) is 0 Å². The van der Waals surface area contributed by atoms with Crippen molar-refractivity contribution in [2.24, 2.45) is 0 Å². The van der Waals surface area contributed by atoms with Gasteiger partial charge in [0, 0.05) is 40.0 Å². The van der Waals surface area contributed by atoms with Crippen molar-refractivity contribution in [1.82, 2.24) is 15.5 Å². The van der Waals surface area contributed by atoms with E-state index in [1.54, 1.807) is 19.0 Å². The maximum absolute atomic E-state index is 11.9. The molecule has 0 atom stereocenters. The molecule has 0 aliphatic rings. The van der Waals surface area contributed by atoms with E-state index < -0.39 is 5.60 Å². The molecule has 0 fully saturated rings. The van der Waals surface area contributed by atoms with Crippen LogP contribution in [-0.2, 0) is 14.3 Å². The summed E-state index contributed by atoms with van der Waals surface area (Å²) in [5.41, 5.74) is -0.459. The lowest BCUT2D eigenvalue weighted by molar-refractivity contribution is -0.121. The van der Waals surface area contributed by atoms with Gasteiger partial charge in [-0.05, 0) is 46.5 Å². The van der Waals surface area contributed by atoms with Crippen LogP contribution in [0.15, 0.2) is 0 Å². The van der Waals surface area contributed by atoms with E-state index >= 15 is 0 Å². The molecule has 0 saturated heterocycles. The van der Waals surface area contributed by atoms with Gasteiger partial charge in [-0.3, -0.25) is 9.59 Å². The van der Waals surface area contributed by atoms with Crippen molar-refractivity contribution in [3.05, 3.63) is 0 Å². The second-order valence-electron chi connectivity index (χ2n) is 8.96. The van der Waals surface area contributed by atoms with Gasteiger partial charge >= 0.3 is 6.09 Å². The number of rotatable bonds is 16. The maximum atomic E-state index is 11.9. The summed E-state index contributed by atoms with van der Waals surface area (Å²) < 4.78 is 5.33. The summed E-state index contributed by atoms with van der Waals surface area (Å²) in [7, 11) is 3.43. The van der Waals surface area contributed by atoms with Crippen LogP contribution >= 0.6 is 0 Å². The van der Waals surface area contributed by atoms with Gasteiger partial charge in [-0.2, -0.15) is 0 Å². The molecule has 7 nitrogen and oxygen atoms in total. The highest BCUT2D eigenvalue weighted by molar-refractivity contribution is 5.75. The van der Waals surface area contributed by atoms with Gasteiger partial charge in [-0.15, -0.1) is 0 Å². The van der Waals surface area contributed by atoms with Gasteiger partial charge < -0.3 is 20.3 Å². The summed E-state index contributed by atoms with van der Waals surface area (Å²) in [4.78, 5) is 36.4. The molecule has 0 heterocycles. The van der Waals surface area contributed by atoms with Crippen LogP contribution in [0.25, 0.3) is 0 Å². The molecule has 176 valence electrons. The topological polar surface area (TPSA) is 87.7 Å². The first kappa shape index (κ1) is 28.2. The molecule has 0 radical (unpaired) electrons. The molecule has 0 spiro atoms. The van der Waals surface area contributed by atoms with Crippen LogP contribution in [0.4, 0.5) is 4.79 Å². The number of nitrogens with one attached hydrogen (secondary N) is 2. The smallest absolute Gasteiger partial charge is 0.410 e. The Balaban J connectivity index is 3.45. The molecule has 7 heteroatoms. The molecular formula is C23H45N3O4. The molecule has 0 bridgehead atoms. The first-order valence-corrected chi connectivity index (χ1v) is 11.6. The minimum atomic E-state index is -0.459. The highest BCUT2D eigenvalue weighted by atomic mass is 16.6. The summed E-state index contributed by atoms with van der Waals surface area (Å²) in [6.45, 7) is 7.04. The molecule has 0 aliphatic carbocycles. The van der Waals surface area contributed by atoms with Crippen molar-refractivity contribution in [2.75, 3.05) is 27.2 Å². The summed E-state index contributed by atoms with van der Waals surface area (Å²) in [5, 5.41) is 5.62. The van der Waals surface area contributed by atoms with Gasteiger partial charge in [0.05, 0.1) is 0 Å². The lowest BCUT2D eigenvalue weighted by Gasteiger charge is -2.24. The standard InChI is InChI=1S/C23H45N3O4/c1-23(2,3)30-22(29)26(5)19-15-11-7-9-13-17-21(28)25-18-14-10-6-8-12-16-20(27)24-4/h6-19H2,1-5H3,(H,24,27)(H,25,28). The molecule has 0 aromatic carbocycles. The Hall–Kier alpha value is -1.79. The fraction of sp³-hybridized carbons (Fsp3) is 0.870. The van der Waals surface area contributed by atoms with Gasteiger partial charge in [0.25, 0.3) is 0 Å². The van der Waals surface area contributed by atoms with Gasteiger partial charge in [0.2, 0.25) is 11.8 Å². The number of ether oxygens (including phenoxy) is 1. The Morgan fingerprint density at radius 3 is 1.83 bits per heavy atom. The molecule has 3 amide bonds. The van der Waals surface area contributed by atoms with Crippen molar-refractivity contribution in [1.29, 1.82) is 0 Å². The third-order valence-corrected chi connectivity index (χ3v) is 4.78.